The van der Waals surface area contributed by atoms with Crippen LogP contribution in [-0.4, -0.2) is 61.9 Å². The van der Waals surface area contributed by atoms with Crippen molar-refractivity contribution in [2.75, 3.05) is 40.0 Å². The van der Waals surface area contributed by atoms with Crippen LogP contribution in [0.25, 0.3) is 0 Å². The lowest BCUT2D eigenvalue weighted by Gasteiger charge is -2.42. The Bertz CT molecular complexity index is 270. The molecular weight excluding hydrogens is 244 g/mol. The van der Waals surface area contributed by atoms with Crippen molar-refractivity contribution in [3.05, 3.63) is 0 Å². The van der Waals surface area contributed by atoms with Crippen LogP contribution in [0.3, 0.4) is 0 Å². The van der Waals surface area contributed by atoms with E-state index in [2.05, 4.69) is 17.1 Å². The third kappa shape index (κ3) is 4.44. The summed E-state index contributed by atoms with van der Waals surface area (Å²) in [7, 11) is 1.62. The molecule has 1 rings (SSSR count). The van der Waals surface area contributed by atoms with Gasteiger partial charge in [-0.25, -0.2) is 0 Å². The molecule has 5 heteroatoms. The van der Waals surface area contributed by atoms with Crippen LogP contribution in [0.15, 0.2) is 0 Å². The molecule has 19 heavy (non-hydrogen) atoms. The molecule has 1 atom stereocenters. The molecule has 0 bridgehead atoms. The molecule has 2 N–H and O–H groups in total. The zero-order valence-electron chi connectivity index (χ0n) is 12.4. The zero-order valence-corrected chi connectivity index (χ0v) is 12.4. The topological polar surface area (TPSA) is 61.8 Å². The second-order valence-corrected chi connectivity index (χ2v) is 5.51. The Labute approximate surface area is 116 Å². The van der Waals surface area contributed by atoms with Crippen LogP contribution in [0, 0.1) is 5.41 Å². The molecule has 1 unspecified atom stereocenters. The van der Waals surface area contributed by atoms with Crippen molar-refractivity contribution in [2.45, 2.75) is 39.2 Å². The maximum atomic E-state index is 12.0. The number of aliphatic hydroxyl groups excluding tert-OH is 1. The number of amides is 1. The lowest BCUT2D eigenvalue weighted by atomic mass is 9.76. The van der Waals surface area contributed by atoms with Gasteiger partial charge in [-0.1, -0.05) is 6.92 Å². The number of likely N-dealkylation sites (tertiary alicyclic amines) is 1. The molecular formula is C14H28N2O3. The van der Waals surface area contributed by atoms with E-state index < -0.39 is 0 Å². The minimum Gasteiger partial charge on any atom is -0.396 e. The molecule has 5 nitrogen and oxygen atoms in total. The third-order valence-electron chi connectivity index (χ3n) is 4.48. The molecule has 0 saturated carbocycles. The Kier molecular flexibility index (Phi) is 6.75. The smallest absolute Gasteiger partial charge is 0.237 e. The Morgan fingerprint density at radius 2 is 2.11 bits per heavy atom. The predicted octanol–water partition coefficient (Wildman–Crippen LogP) is 0.622. The second kappa shape index (κ2) is 7.82. The molecule has 0 aromatic heterocycles. The van der Waals surface area contributed by atoms with Crippen molar-refractivity contribution in [2.24, 2.45) is 5.41 Å². The summed E-state index contributed by atoms with van der Waals surface area (Å²) in [5, 5.41) is 12.4. The van der Waals surface area contributed by atoms with Crippen LogP contribution >= 0.6 is 0 Å². The van der Waals surface area contributed by atoms with Gasteiger partial charge in [-0.05, 0) is 44.7 Å². The van der Waals surface area contributed by atoms with E-state index in [0.29, 0.717) is 13.2 Å². The summed E-state index contributed by atoms with van der Waals surface area (Å²) >= 11 is 0. The quantitative estimate of drug-likeness (QED) is 0.667. The SMILES string of the molecule is CCC1(CO)CCN(C(C)C(=O)NCCOC)CC1. The van der Waals surface area contributed by atoms with Crippen LogP contribution in [-0.2, 0) is 9.53 Å². The summed E-state index contributed by atoms with van der Waals surface area (Å²) in [5.74, 6) is 0.0602. The minimum atomic E-state index is -0.106. The van der Waals surface area contributed by atoms with Gasteiger partial charge in [0.15, 0.2) is 0 Å². The molecule has 0 aromatic rings. The standard InChI is InChI=1S/C14H28N2O3/c1-4-14(11-17)5-8-16(9-6-14)12(2)13(18)15-7-10-19-3/h12,17H,4-11H2,1-3H3,(H,15,18). The number of nitrogens with one attached hydrogen (secondary N) is 1. The van der Waals surface area contributed by atoms with Gasteiger partial charge < -0.3 is 15.2 Å². The lowest BCUT2D eigenvalue weighted by Crippen LogP contribution is -2.51. The fourth-order valence-corrected chi connectivity index (χ4v) is 2.60. The van der Waals surface area contributed by atoms with Crippen LogP contribution in [0.1, 0.15) is 33.1 Å². The van der Waals surface area contributed by atoms with Crippen LogP contribution in [0.4, 0.5) is 0 Å². The lowest BCUT2D eigenvalue weighted by molar-refractivity contribution is -0.127. The molecule has 1 saturated heterocycles. The number of carbonyl (C=O) groups excluding carboxylic acids is 1. The Hall–Kier alpha value is -0.650. The maximum absolute atomic E-state index is 12.0. The van der Waals surface area contributed by atoms with Gasteiger partial charge in [0.05, 0.1) is 12.6 Å². The monoisotopic (exact) mass is 272 g/mol. The van der Waals surface area contributed by atoms with Crippen LogP contribution < -0.4 is 5.32 Å². The van der Waals surface area contributed by atoms with Gasteiger partial charge in [0.25, 0.3) is 0 Å². The highest BCUT2D eigenvalue weighted by molar-refractivity contribution is 5.81. The molecule has 112 valence electrons. The normalized spacial score (nSPS) is 21.1. The summed E-state index contributed by atoms with van der Waals surface area (Å²) in [6.07, 6.45) is 2.94. The molecule has 0 aliphatic carbocycles. The predicted molar refractivity (Wildman–Crippen MR) is 75.0 cm³/mol. The average Bonchev–Trinajstić information content (AvgIpc) is 2.46. The fraction of sp³-hybridized carbons (Fsp3) is 0.929. The second-order valence-electron chi connectivity index (χ2n) is 5.51. The van der Waals surface area contributed by atoms with Gasteiger partial charge in [-0.3, -0.25) is 9.69 Å². The van der Waals surface area contributed by atoms with E-state index in [1.165, 1.54) is 0 Å². The number of rotatable bonds is 7. The molecule has 1 amide bonds. The van der Waals surface area contributed by atoms with Crippen LogP contribution in [0.5, 0.6) is 0 Å². The number of carbonyl (C=O) groups is 1. The minimum absolute atomic E-state index is 0.0602. The van der Waals surface area contributed by atoms with Gasteiger partial charge >= 0.3 is 0 Å². The van der Waals surface area contributed by atoms with E-state index in [1.54, 1.807) is 7.11 Å². The number of hydrogen-bond donors (Lipinski definition) is 2. The van der Waals surface area contributed by atoms with Crippen molar-refractivity contribution < 1.29 is 14.6 Å². The van der Waals surface area contributed by atoms with Crippen molar-refractivity contribution >= 4 is 5.91 Å². The first-order valence-electron chi connectivity index (χ1n) is 7.20. The van der Waals surface area contributed by atoms with Crippen molar-refractivity contribution in [3.63, 3.8) is 0 Å². The number of piperidine rings is 1. The van der Waals surface area contributed by atoms with Gasteiger partial charge in [0.2, 0.25) is 5.91 Å². The molecule has 1 heterocycles. The van der Waals surface area contributed by atoms with Gasteiger partial charge in [-0.2, -0.15) is 0 Å². The summed E-state index contributed by atoms with van der Waals surface area (Å²) in [4.78, 5) is 14.2. The van der Waals surface area contributed by atoms with E-state index in [4.69, 9.17) is 4.74 Å². The molecule has 0 radical (unpaired) electrons. The Morgan fingerprint density at radius 1 is 1.47 bits per heavy atom. The van der Waals surface area contributed by atoms with Crippen LogP contribution in [0.2, 0.25) is 0 Å². The average molecular weight is 272 g/mol. The van der Waals surface area contributed by atoms with E-state index >= 15 is 0 Å². The van der Waals surface area contributed by atoms with E-state index in [9.17, 15) is 9.90 Å². The van der Waals surface area contributed by atoms with Crippen molar-refractivity contribution in [1.82, 2.24) is 10.2 Å². The summed E-state index contributed by atoms with van der Waals surface area (Å²) in [5.41, 5.74) is 0.0722. The van der Waals surface area contributed by atoms with Gasteiger partial charge in [0.1, 0.15) is 0 Å². The number of aliphatic hydroxyl groups is 1. The number of nitrogens with zero attached hydrogens (tertiary/aromatic N) is 1. The largest absolute Gasteiger partial charge is 0.396 e. The third-order valence-corrected chi connectivity index (χ3v) is 4.48. The molecule has 1 aliphatic rings. The van der Waals surface area contributed by atoms with Gasteiger partial charge in [-0.15, -0.1) is 0 Å². The first-order valence-corrected chi connectivity index (χ1v) is 7.20. The number of ether oxygens (including phenoxy) is 1. The molecule has 1 aliphatic heterocycles. The first-order chi connectivity index (χ1) is 9.08. The Morgan fingerprint density at radius 3 is 2.58 bits per heavy atom. The van der Waals surface area contributed by atoms with E-state index in [0.717, 1.165) is 32.4 Å². The van der Waals surface area contributed by atoms with Crippen molar-refractivity contribution in [1.29, 1.82) is 0 Å². The summed E-state index contributed by atoms with van der Waals surface area (Å²) in [6, 6.07) is -0.106. The van der Waals surface area contributed by atoms with E-state index in [-0.39, 0.29) is 24.0 Å². The van der Waals surface area contributed by atoms with Gasteiger partial charge in [0, 0.05) is 20.3 Å². The Balaban J connectivity index is 2.39. The molecule has 0 aromatic carbocycles. The first kappa shape index (κ1) is 16.4. The van der Waals surface area contributed by atoms with E-state index in [1.807, 2.05) is 6.92 Å². The highest BCUT2D eigenvalue weighted by Crippen LogP contribution is 2.34. The molecule has 0 spiro atoms. The fourth-order valence-electron chi connectivity index (χ4n) is 2.60. The molecule has 1 fully saturated rings. The van der Waals surface area contributed by atoms with Crippen molar-refractivity contribution in [3.8, 4) is 0 Å². The number of hydrogen-bond acceptors (Lipinski definition) is 4. The maximum Gasteiger partial charge on any atom is 0.237 e. The zero-order chi connectivity index (χ0) is 14.3. The highest BCUT2D eigenvalue weighted by atomic mass is 16.5. The summed E-state index contributed by atoms with van der Waals surface area (Å²) < 4.78 is 4.92. The number of methoxy groups -OCH3 is 1. The highest BCUT2D eigenvalue weighted by Gasteiger charge is 2.34. The summed E-state index contributed by atoms with van der Waals surface area (Å²) in [6.45, 7) is 7.20.